The van der Waals surface area contributed by atoms with E-state index < -0.39 is 36.0 Å². The van der Waals surface area contributed by atoms with E-state index in [1.165, 1.54) is 0 Å². The lowest BCUT2D eigenvalue weighted by Gasteiger charge is -2.31. The van der Waals surface area contributed by atoms with Crippen LogP contribution in [0.25, 0.3) is 0 Å². The molecule has 7 nitrogen and oxygen atoms in total. The monoisotopic (exact) mass is 232 g/mol. The van der Waals surface area contributed by atoms with Gasteiger partial charge in [0.1, 0.15) is 0 Å². The van der Waals surface area contributed by atoms with Crippen LogP contribution in [0.5, 0.6) is 0 Å². The number of carbonyl (C=O) groups excluding carboxylic acids is 1. The molecule has 0 aromatic rings. The summed E-state index contributed by atoms with van der Waals surface area (Å²) in [7, 11) is 1.08. The molecule has 7 heteroatoms. The largest absolute Gasteiger partial charge is 0.481 e. The molecular formula is C9H12O7. The van der Waals surface area contributed by atoms with E-state index in [0.717, 1.165) is 7.11 Å². The van der Waals surface area contributed by atoms with E-state index in [4.69, 9.17) is 10.2 Å². The Hall–Kier alpha value is -1.63. The number of aliphatic carboxylic acids is 2. The first-order valence-corrected chi connectivity index (χ1v) is 4.66. The van der Waals surface area contributed by atoms with Crippen molar-refractivity contribution in [3.05, 3.63) is 0 Å². The van der Waals surface area contributed by atoms with Crippen LogP contribution < -0.4 is 0 Å². The van der Waals surface area contributed by atoms with Gasteiger partial charge in [0.25, 0.3) is 0 Å². The predicted octanol–water partition coefficient (Wildman–Crippen LogP) is -0.303. The van der Waals surface area contributed by atoms with Crippen LogP contribution in [0.1, 0.15) is 12.8 Å². The van der Waals surface area contributed by atoms with Crippen molar-refractivity contribution in [2.75, 3.05) is 7.11 Å². The first-order chi connectivity index (χ1) is 7.47. The van der Waals surface area contributed by atoms with Crippen molar-refractivity contribution in [3.63, 3.8) is 0 Å². The Morgan fingerprint density at radius 3 is 2.06 bits per heavy atom. The molecule has 3 atom stereocenters. The summed E-state index contributed by atoms with van der Waals surface area (Å²) in [6, 6.07) is 0. The second kappa shape index (κ2) is 4.93. The lowest BCUT2D eigenvalue weighted by atomic mass is 9.74. The fourth-order valence-corrected chi connectivity index (χ4v) is 1.47. The van der Waals surface area contributed by atoms with Gasteiger partial charge in [0.15, 0.2) is 0 Å². The number of esters is 1. The third kappa shape index (κ3) is 2.48. The van der Waals surface area contributed by atoms with Gasteiger partial charge in [-0.05, 0) is 12.8 Å². The average molecular weight is 232 g/mol. The molecule has 0 bridgehead atoms. The lowest BCUT2D eigenvalue weighted by Crippen LogP contribution is -2.41. The van der Waals surface area contributed by atoms with Crippen molar-refractivity contribution >= 4 is 17.9 Å². The van der Waals surface area contributed by atoms with Crippen LogP contribution in [-0.4, -0.2) is 41.5 Å². The summed E-state index contributed by atoms with van der Waals surface area (Å²) in [4.78, 5) is 32.5. The molecule has 2 N–H and O–H groups in total. The first kappa shape index (κ1) is 12.4. The second-order valence-corrected chi connectivity index (χ2v) is 3.47. The standard InChI is InChI=1S/C9H12O7/c1-15-9(7(12)13)16-8(14)5-3-2-4(5)6(10)11/h4-5,9H,2-3H2,1H3,(H,10,11)(H,12,13). The van der Waals surface area contributed by atoms with E-state index in [9.17, 15) is 14.4 Å². The van der Waals surface area contributed by atoms with Crippen LogP contribution in [-0.2, 0) is 23.9 Å². The van der Waals surface area contributed by atoms with Gasteiger partial charge in [-0.1, -0.05) is 0 Å². The minimum atomic E-state index is -1.68. The zero-order valence-corrected chi connectivity index (χ0v) is 8.58. The number of methoxy groups -OCH3 is 1. The molecule has 1 saturated carbocycles. The molecule has 0 amide bonds. The van der Waals surface area contributed by atoms with E-state index >= 15 is 0 Å². The van der Waals surface area contributed by atoms with Crippen molar-refractivity contribution in [1.29, 1.82) is 0 Å². The first-order valence-electron chi connectivity index (χ1n) is 4.66. The zero-order chi connectivity index (χ0) is 12.3. The highest BCUT2D eigenvalue weighted by Crippen LogP contribution is 2.35. The maximum Gasteiger partial charge on any atom is 0.373 e. The Morgan fingerprint density at radius 2 is 1.75 bits per heavy atom. The number of hydrogen-bond donors (Lipinski definition) is 2. The van der Waals surface area contributed by atoms with Crippen LogP contribution in [0, 0.1) is 11.8 Å². The van der Waals surface area contributed by atoms with Gasteiger partial charge in [0.2, 0.25) is 0 Å². The normalized spacial score (nSPS) is 25.3. The summed E-state index contributed by atoms with van der Waals surface area (Å²) in [6.07, 6.45) is -0.881. The van der Waals surface area contributed by atoms with Crippen LogP contribution in [0.4, 0.5) is 0 Å². The molecule has 0 saturated heterocycles. The van der Waals surface area contributed by atoms with Crippen molar-refractivity contribution in [1.82, 2.24) is 0 Å². The number of ether oxygens (including phenoxy) is 2. The van der Waals surface area contributed by atoms with Gasteiger partial charge in [0.05, 0.1) is 11.8 Å². The molecule has 1 aliphatic carbocycles. The molecule has 0 heterocycles. The summed E-state index contributed by atoms with van der Waals surface area (Å²) >= 11 is 0. The van der Waals surface area contributed by atoms with Gasteiger partial charge < -0.3 is 19.7 Å². The van der Waals surface area contributed by atoms with Gasteiger partial charge in [-0.3, -0.25) is 9.59 Å². The highest BCUT2D eigenvalue weighted by Gasteiger charge is 2.43. The third-order valence-electron chi connectivity index (χ3n) is 2.53. The topological polar surface area (TPSA) is 110 Å². The quantitative estimate of drug-likeness (QED) is 0.494. The van der Waals surface area contributed by atoms with Crippen LogP contribution in [0.15, 0.2) is 0 Å². The zero-order valence-electron chi connectivity index (χ0n) is 8.58. The molecule has 0 aromatic carbocycles. The Bertz CT molecular complexity index is 311. The fourth-order valence-electron chi connectivity index (χ4n) is 1.47. The Labute approximate surface area is 91.0 Å². The number of hydrogen-bond acceptors (Lipinski definition) is 5. The minimum Gasteiger partial charge on any atom is -0.481 e. The van der Waals surface area contributed by atoms with E-state index in [-0.39, 0.29) is 0 Å². The predicted molar refractivity (Wildman–Crippen MR) is 48.4 cm³/mol. The fraction of sp³-hybridized carbons (Fsp3) is 0.667. The van der Waals surface area contributed by atoms with Gasteiger partial charge in [-0.2, -0.15) is 0 Å². The number of carboxylic acids is 2. The Morgan fingerprint density at radius 1 is 1.19 bits per heavy atom. The van der Waals surface area contributed by atoms with Crippen molar-refractivity contribution in [2.24, 2.45) is 11.8 Å². The Kier molecular flexibility index (Phi) is 3.83. The summed E-state index contributed by atoms with van der Waals surface area (Å²) in [5, 5.41) is 17.2. The summed E-state index contributed by atoms with van der Waals surface area (Å²) < 4.78 is 8.93. The maximum atomic E-state index is 11.4. The number of carbonyl (C=O) groups is 3. The summed E-state index contributed by atoms with van der Waals surface area (Å²) in [5.41, 5.74) is 0. The van der Waals surface area contributed by atoms with E-state index in [1.54, 1.807) is 0 Å². The van der Waals surface area contributed by atoms with Crippen LogP contribution in [0.2, 0.25) is 0 Å². The highest BCUT2D eigenvalue weighted by molar-refractivity contribution is 5.84. The van der Waals surface area contributed by atoms with Crippen molar-refractivity contribution in [2.45, 2.75) is 19.1 Å². The second-order valence-electron chi connectivity index (χ2n) is 3.47. The number of rotatable bonds is 5. The minimum absolute atomic E-state index is 0.395. The molecule has 3 unspecified atom stereocenters. The highest BCUT2D eigenvalue weighted by atomic mass is 16.7. The van der Waals surface area contributed by atoms with E-state index in [1.807, 2.05) is 0 Å². The lowest BCUT2D eigenvalue weighted by molar-refractivity contribution is -0.199. The SMILES string of the molecule is COC(OC(=O)C1CCC1C(=O)O)C(=O)O. The van der Waals surface area contributed by atoms with Crippen molar-refractivity contribution < 1.29 is 34.1 Å². The van der Waals surface area contributed by atoms with Gasteiger partial charge in [-0.25, -0.2) is 4.79 Å². The van der Waals surface area contributed by atoms with Crippen molar-refractivity contribution in [3.8, 4) is 0 Å². The van der Waals surface area contributed by atoms with Gasteiger partial charge in [0, 0.05) is 7.11 Å². The number of carboxylic acid groups (broad SMARTS) is 2. The van der Waals surface area contributed by atoms with E-state index in [0.29, 0.717) is 12.8 Å². The molecule has 0 aliphatic heterocycles. The summed E-state index contributed by atoms with van der Waals surface area (Å²) in [6.45, 7) is 0. The van der Waals surface area contributed by atoms with Gasteiger partial charge >= 0.3 is 24.2 Å². The molecule has 90 valence electrons. The van der Waals surface area contributed by atoms with E-state index in [2.05, 4.69) is 9.47 Å². The van der Waals surface area contributed by atoms with Crippen LogP contribution in [0.3, 0.4) is 0 Å². The average Bonchev–Trinajstić information content (AvgIpc) is 2.10. The molecule has 1 aliphatic rings. The molecule has 0 aromatic heterocycles. The summed E-state index contributed by atoms with van der Waals surface area (Å²) in [5.74, 6) is -4.89. The van der Waals surface area contributed by atoms with Crippen LogP contribution >= 0.6 is 0 Å². The molecule has 16 heavy (non-hydrogen) atoms. The third-order valence-corrected chi connectivity index (χ3v) is 2.53. The molecule has 0 spiro atoms. The molecular weight excluding hydrogens is 220 g/mol. The smallest absolute Gasteiger partial charge is 0.373 e. The maximum absolute atomic E-state index is 11.4. The Balaban J connectivity index is 2.52. The molecule has 1 rings (SSSR count). The molecule has 1 fully saturated rings. The van der Waals surface area contributed by atoms with Gasteiger partial charge in [-0.15, -0.1) is 0 Å². The molecule has 0 radical (unpaired) electrons.